The summed E-state index contributed by atoms with van der Waals surface area (Å²) >= 11 is 7.35. The third kappa shape index (κ3) is 4.62. The first-order chi connectivity index (χ1) is 6.33. The minimum atomic E-state index is 0.682. The Labute approximate surface area is 87.9 Å². The van der Waals surface area contributed by atoms with Gasteiger partial charge in [0.25, 0.3) is 0 Å². The highest BCUT2D eigenvalue weighted by Crippen LogP contribution is 2.21. The number of hydrogen-bond donors (Lipinski definition) is 1. The zero-order chi connectivity index (χ0) is 9.52. The first-order valence-electron chi connectivity index (χ1n) is 4.29. The van der Waals surface area contributed by atoms with Crippen molar-refractivity contribution in [2.75, 3.05) is 20.2 Å². The summed E-state index contributed by atoms with van der Waals surface area (Å²) in [4.78, 5) is 1.19. The van der Waals surface area contributed by atoms with Gasteiger partial charge in [0.2, 0.25) is 0 Å². The van der Waals surface area contributed by atoms with Crippen LogP contribution in [0.15, 0.2) is 12.1 Å². The van der Waals surface area contributed by atoms with Crippen LogP contribution in [0.4, 0.5) is 0 Å². The first kappa shape index (κ1) is 11.0. The lowest BCUT2D eigenvalue weighted by Gasteiger charge is -2.01. The molecule has 1 N–H and O–H groups in total. The van der Waals surface area contributed by atoms with Crippen LogP contribution in [-0.2, 0) is 11.3 Å². The highest BCUT2D eigenvalue weighted by molar-refractivity contribution is 7.16. The molecule has 0 aliphatic rings. The zero-order valence-electron chi connectivity index (χ0n) is 7.68. The highest BCUT2D eigenvalue weighted by Gasteiger charge is 1.97. The Bertz CT molecular complexity index is 239. The maximum atomic E-state index is 5.78. The summed E-state index contributed by atoms with van der Waals surface area (Å²) < 4.78 is 6.27. The van der Waals surface area contributed by atoms with E-state index >= 15 is 0 Å². The number of rotatable bonds is 6. The van der Waals surface area contributed by atoms with Gasteiger partial charge in [-0.3, -0.25) is 0 Å². The van der Waals surface area contributed by atoms with E-state index in [1.165, 1.54) is 4.88 Å². The Kier molecular flexibility index (Phi) is 5.39. The Morgan fingerprint density at radius 1 is 1.54 bits per heavy atom. The standard InChI is InChI=1S/C9H14ClNOS/c1-11-5-2-6-12-7-8-3-4-9(10)13-8/h3-4,11H,2,5-7H2,1H3. The van der Waals surface area contributed by atoms with Gasteiger partial charge in [0.05, 0.1) is 10.9 Å². The minimum absolute atomic E-state index is 0.682. The van der Waals surface area contributed by atoms with E-state index in [0.717, 1.165) is 23.9 Å². The van der Waals surface area contributed by atoms with Crippen molar-refractivity contribution in [2.45, 2.75) is 13.0 Å². The number of halogens is 1. The number of ether oxygens (including phenoxy) is 1. The normalized spacial score (nSPS) is 10.6. The van der Waals surface area contributed by atoms with Crippen molar-refractivity contribution in [1.82, 2.24) is 5.32 Å². The van der Waals surface area contributed by atoms with Crippen LogP contribution < -0.4 is 5.32 Å². The van der Waals surface area contributed by atoms with Gasteiger partial charge in [-0.15, -0.1) is 11.3 Å². The minimum Gasteiger partial charge on any atom is -0.376 e. The Morgan fingerprint density at radius 2 is 2.38 bits per heavy atom. The second-order valence-electron chi connectivity index (χ2n) is 2.72. The second kappa shape index (κ2) is 6.38. The fraction of sp³-hybridized carbons (Fsp3) is 0.556. The van der Waals surface area contributed by atoms with Crippen LogP contribution in [0.3, 0.4) is 0 Å². The molecule has 1 heterocycles. The van der Waals surface area contributed by atoms with Gasteiger partial charge in [0.1, 0.15) is 0 Å². The smallest absolute Gasteiger partial charge is 0.0932 e. The molecule has 0 unspecified atom stereocenters. The molecule has 74 valence electrons. The van der Waals surface area contributed by atoms with E-state index in [1.807, 2.05) is 19.2 Å². The molecule has 0 bridgehead atoms. The monoisotopic (exact) mass is 219 g/mol. The third-order valence-corrected chi connectivity index (χ3v) is 2.79. The van der Waals surface area contributed by atoms with E-state index in [1.54, 1.807) is 11.3 Å². The van der Waals surface area contributed by atoms with E-state index in [2.05, 4.69) is 5.32 Å². The van der Waals surface area contributed by atoms with Gasteiger partial charge in [-0.1, -0.05) is 11.6 Å². The highest BCUT2D eigenvalue weighted by atomic mass is 35.5. The number of hydrogen-bond acceptors (Lipinski definition) is 3. The predicted octanol–water partition coefficient (Wildman–Crippen LogP) is 2.53. The molecule has 0 atom stereocenters. The summed E-state index contributed by atoms with van der Waals surface area (Å²) in [5, 5.41) is 3.07. The van der Waals surface area contributed by atoms with Gasteiger partial charge >= 0.3 is 0 Å². The largest absolute Gasteiger partial charge is 0.376 e. The van der Waals surface area contributed by atoms with Crippen molar-refractivity contribution < 1.29 is 4.74 Å². The fourth-order valence-corrected chi connectivity index (χ4v) is 1.98. The Balaban J connectivity index is 2.06. The maximum absolute atomic E-state index is 5.78. The van der Waals surface area contributed by atoms with E-state index in [9.17, 15) is 0 Å². The van der Waals surface area contributed by atoms with Crippen LogP contribution in [-0.4, -0.2) is 20.2 Å². The van der Waals surface area contributed by atoms with Crippen molar-refractivity contribution in [3.8, 4) is 0 Å². The van der Waals surface area contributed by atoms with Crippen LogP contribution in [0.25, 0.3) is 0 Å². The molecule has 0 amide bonds. The van der Waals surface area contributed by atoms with Crippen molar-refractivity contribution in [3.05, 3.63) is 21.3 Å². The van der Waals surface area contributed by atoms with Crippen molar-refractivity contribution in [2.24, 2.45) is 0 Å². The van der Waals surface area contributed by atoms with E-state index in [0.29, 0.717) is 6.61 Å². The van der Waals surface area contributed by atoms with Gasteiger partial charge in [-0.05, 0) is 32.1 Å². The quantitative estimate of drug-likeness (QED) is 0.743. The van der Waals surface area contributed by atoms with Gasteiger partial charge in [-0.25, -0.2) is 0 Å². The molecule has 0 radical (unpaired) electrons. The van der Waals surface area contributed by atoms with Crippen molar-refractivity contribution in [3.63, 3.8) is 0 Å². The third-order valence-electron chi connectivity index (χ3n) is 1.59. The summed E-state index contributed by atoms with van der Waals surface area (Å²) in [5.41, 5.74) is 0. The van der Waals surface area contributed by atoms with E-state index in [4.69, 9.17) is 16.3 Å². The fourth-order valence-electron chi connectivity index (χ4n) is 0.953. The zero-order valence-corrected chi connectivity index (χ0v) is 9.25. The molecule has 1 aromatic heterocycles. The maximum Gasteiger partial charge on any atom is 0.0932 e. The number of nitrogens with one attached hydrogen (secondary N) is 1. The molecule has 0 aliphatic carbocycles. The summed E-state index contributed by atoms with van der Waals surface area (Å²) in [6.45, 7) is 2.49. The average molecular weight is 220 g/mol. The SMILES string of the molecule is CNCCCOCc1ccc(Cl)s1. The topological polar surface area (TPSA) is 21.3 Å². The van der Waals surface area contributed by atoms with Crippen molar-refractivity contribution >= 4 is 22.9 Å². The van der Waals surface area contributed by atoms with Gasteiger partial charge in [0, 0.05) is 11.5 Å². The Hall–Kier alpha value is -0.0900. The Morgan fingerprint density at radius 3 is 3.00 bits per heavy atom. The first-order valence-corrected chi connectivity index (χ1v) is 5.49. The molecule has 2 nitrogen and oxygen atoms in total. The lowest BCUT2D eigenvalue weighted by atomic mass is 10.4. The van der Waals surface area contributed by atoms with Crippen molar-refractivity contribution in [1.29, 1.82) is 0 Å². The predicted molar refractivity (Wildman–Crippen MR) is 57.5 cm³/mol. The van der Waals surface area contributed by atoms with Crippen LogP contribution in [0.5, 0.6) is 0 Å². The van der Waals surface area contributed by atoms with Crippen LogP contribution in [0.2, 0.25) is 4.34 Å². The molecule has 1 aromatic rings. The molecule has 0 saturated heterocycles. The van der Waals surface area contributed by atoms with Crippen LogP contribution >= 0.6 is 22.9 Å². The summed E-state index contributed by atoms with van der Waals surface area (Å²) in [7, 11) is 1.94. The molecular weight excluding hydrogens is 206 g/mol. The molecule has 0 fully saturated rings. The van der Waals surface area contributed by atoms with E-state index < -0.39 is 0 Å². The van der Waals surface area contributed by atoms with Crippen LogP contribution in [0.1, 0.15) is 11.3 Å². The molecule has 0 aliphatic heterocycles. The van der Waals surface area contributed by atoms with Gasteiger partial charge in [-0.2, -0.15) is 0 Å². The molecule has 4 heteroatoms. The number of thiophene rings is 1. The van der Waals surface area contributed by atoms with E-state index in [-0.39, 0.29) is 0 Å². The van der Waals surface area contributed by atoms with Gasteiger partial charge in [0.15, 0.2) is 0 Å². The van der Waals surface area contributed by atoms with Crippen LogP contribution in [0, 0.1) is 0 Å². The molecule has 0 aromatic carbocycles. The second-order valence-corrected chi connectivity index (χ2v) is 4.52. The lowest BCUT2D eigenvalue weighted by molar-refractivity contribution is 0.121. The molecule has 13 heavy (non-hydrogen) atoms. The molecule has 0 saturated carbocycles. The average Bonchev–Trinajstić information content (AvgIpc) is 2.51. The summed E-state index contributed by atoms with van der Waals surface area (Å²) in [6.07, 6.45) is 1.05. The lowest BCUT2D eigenvalue weighted by Crippen LogP contribution is -2.10. The molecule has 1 rings (SSSR count). The summed E-state index contributed by atoms with van der Waals surface area (Å²) in [6, 6.07) is 3.91. The molecule has 0 spiro atoms. The van der Waals surface area contributed by atoms with Gasteiger partial charge < -0.3 is 10.1 Å². The summed E-state index contributed by atoms with van der Waals surface area (Å²) in [5.74, 6) is 0. The molecular formula is C9H14ClNOS.